The van der Waals surface area contributed by atoms with Crippen molar-refractivity contribution in [2.45, 2.75) is 32.6 Å². The molecule has 0 amide bonds. The molecule has 1 unspecified atom stereocenters. The third-order valence-electron chi connectivity index (χ3n) is 4.61. The molecule has 0 bridgehead atoms. The molecule has 1 aromatic heterocycles. The van der Waals surface area contributed by atoms with Crippen LogP contribution in [0.5, 0.6) is 0 Å². The van der Waals surface area contributed by atoms with Gasteiger partial charge in [-0.15, -0.1) is 0 Å². The van der Waals surface area contributed by atoms with Gasteiger partial charge in [-0.25, -0.2) is 0 Å². The summed E-state index contributed by atoms with van der Waals surface area (Å²) in [5.41, 5.74) is 0.592. The maximum Gasteiger partial charge on any atom is 0.170 e. The fourth-order valence-corrected chi connectivity index (χ4v) is 3.56. The first-order valence-corrected chi connectivity index (χ1v) is 7.85. The van der Waals surface area contributed by atoms with Crippen LogP contribution in [0.3, 0.4) is 0 Å². The normalized spacial score (nSPS) is 22.3. The first kappa shape index (κ1) is 14.2. The number of carbonyl (C=O) groups excluding carboxylic acids is 1. The third kappa shape index (κ3) is 2.58. The quantitative estimate of drug-likeness (QED) is 0.871. The van der Waals surface area contributed by atoms with Crippen molar-refractivity contribution in [3.8, 4) is 0 Å². The van der Waals surface area contributed by atoms with E-state index in [1.54, 1.807) is 6.20 Å². The summed E-state index contributed by atoms with van der Waals surface area (Å²) in [5, 5.41) is 5.49. The predicted octanol–water partition coefficient (Wildman–Crippen LogP) is 3.59. The summed E-state index contributed by atoms with van der Waals surface area (Å²) < 4.78 is 0. The van der Waals surface area contributed by atoms with Crippen molar-refractivity contribution in [3.05, 3.63) is 42.2 Å². The van der Waals surface area contributed by atoms with Crippen molar-refractivity contribution in [1.82, 2.24) is 10.3 Å². The Morgan fingerprint density at radius 2 is 2.29 bits per heavy atom. The molecule has 0 spiro atoms. The Hall–Kier alpha value is -1.74. The zero-order chi connectivity index (χ0) is 14.7. The Balaban J connectivity index is 2.06. The molecular formula is C18H22N2O. The number of fused-ring (bicyclic) bond motifs is 1. The lowest BCUT2D eigenvalue weighted by atomic mass is 9.71. The Labute approximate surface area is 125 Å². The van der Waals surface area contributed by atoms with Crippen LogP contribution in [0.2, 0.25) is 0 Å². The van der Waals surface area contributed by atoms with E-state index in [2.05, 4.69) is 17.2 Å². The lowest BCUT2D eigenvalue weighted by molar-refractivity contribution is 0.0720. The van der Waals surface area contributed by atoms with E-state index in [9.17, 15) is 4.79 Å². The third-order valence-corrected chi connectivity index (χ3v) is 4.61. The van der Waals surface area contributed by atoms with Gasteiger partial charge >= 0.3 is 0 Å². The van der Waals surface area contributed by atoms with Gasteiger partial charge in [0, 0.05) is 35.3 Å². The van der Waals surface area contributed by atoms with Gasteiger partial charge in [0.15, 0.2) is 5.78 Å². The highest BCUT2D eigenvalue weighted by molar-refractivity contribution is 6.10. The molecule has 110 valence electrons. The number of hydrogen-bond donors (Lipinski definition) is 1. The van der Waals surface area contributed by atoms with Gasteiger partial charge in [0.25, 0.3) is 0 Å². The molecule has 1 aliphatic rings. The van der Waals surface area contributed by atoms with Crippen LogP contribution in [0.25, 0.3) is 10.8 Å². The van der Waals surface area contributed by atoms with Crippen LogP contribution >= 0.6 is 0 Å². The molecule has 1 aliphatic heterocycles. The average Bonchev–Trinajstić information content (AvgIpc) is 2.55. The monoisotopic (exact) mass is 282 g/mol. The molecule has 1 fully saturated rings. The topological polar surface area (TPSA) is 42.0 Å². The molecular weight excluding hydrogens is 260 g/mol. The van der Waals surface area contributed by atoms with Crippen LogP contribution < -0.4 is 5.32 Å². The molecule has 2 heterocycles. The van der Waals surface area contributed by atoms with Crippen LogP contribution in [-0.4, -0.2) is 23.9 Å². The standard InChI is InChI=1S/C18H22N2O/c1-2-8-18(9-4-10-20-13-18)17(21)15-6-3-5-14-7-11-19-12-16(14)15/h3,5-7,11-12,20H,2,4,8-10,13H2,1H3. The molecule has 1 saturated heterocycles. The summed E-state index contributed by atoms with van der Waals surface area (Å²) >= 11 is 0. The molecule has 1 atom stereocenters. The van der Waals surface area contributed by atoms with Crippen LogP contribution in [0.15, 0.2) is 36.7 Å². The van der Waals surface area contributed by atoms with Crippen LogP contribution in [0, 0.1) is 5.41 Å². The summed E-state index contributed by atoms with van der Waals surface area (Å²) in [6.45, 7) is 3.99. The summed E-state index contributed by atoms with van der Waals surface area (Å²) in [4.78, 5) is 17.5. The first-order valence-electron chi connectivity index (χ1n) is 7.85. The van der Waals surface area contributed by atoms with E-state index in [0.29, 0.717) is 0 Å². The van der Waals surface area contributed by atoms with E-state index in [0.717, 1.165) is 55.1 Å². The fourth-order valence-electron chi connectivity index (χ4n) is 3.56. The van der Waals surface area contributed by atoms with Gasteiger partial charge in [0.05, 0.1) is 0 Å². The second kappa shape index (κ2) is 5.94. The number of Topliss-reactive ketones (excluding diaryl/α,β-unsaturated/α-hetero) is 1. The SMILES string of the molecule is CCCC1(C(=O)c2cccc3ccncc23)CCCNC1. The summed E-state index contributed by atoms with van der Waals surface area (Å²) in [6, 6.07) is 7.95. The molecule has 1 aromatic carbocycles. The summed E-state index contributed by atoms with van der Waals surface area (Å²) in [7, 11) is 0. The van der Waals surface area contributed by atoms with E-state index in [1.165, 1.54) is 0 Å². The number of pyridine rings is 1. The van der Waals surface area contributed by atoms with Crippen molar-refractivity contribution in [2.24, 2.45) is 5.41 Å². The minimum atomic E-state index is -0.239. The van der Waals surface area contributed by atoms with Crippen molar-refractivity contribution < 1.29 is 4.79 Å². The number of rotatable bonds is 4. The molecule has 2 aromatic rings. The second-order valence-corrected chi connectivity index (χ2v) is 6.04. The number of nitrogens with zero attached hydrogens (tertiary/aromatic N) is 1. The van der Waals surface area contributed by atoms with Crippen molar-refractivity contribution in [3.63, 3.8) is 0 Å². The van der Waals surface area contributed by atoms with Crippen LogP contribution in [0.1, 0.15) is 43.0 Å². The first-order chi connectivity index (χ1) is 10.3. The fraction of sp³-hybridized carbons (Fsp3) is 0.444. The lowest BCUT2D eigenvalue weighted by Gasteiger charge is -2.36. The Bertz CT molecular complexity index is 634. The highest BCUT2D eigenvalue weighted by Crippen LogP contribution is 2.36. The van der Waals surface area contributed by atoms with E-state index < -0.39 is 0 Å². The van der Waals surface area contributed by atoms with E-state index in [-0.39, 0.29) is 11.2 Å². The van der Waals surface area contributed by atoms with E-state index >= 15 is 0 Å². The lowest BCUT2D eigenvalue weighted by Crippen LogP contribution is -2.45. The van der Waals surface area contributed by atoms with Gasteiger partial charge in [0.2, 0.25) is 0 Å². The number of aromatic nitrogens is 1. The summed E-state index contributed by atoms with van der Waals surface area (Å²) in [6.07, 6.45) is 7.66. The average molecular weight is 282 g/mol. The minimum Gasteiger partial charge on any atom is -0.316 e. The van der Waals surface area contributed by atoms with Gasteiger partial charge in [-0.3, -0.25) is 9.78 Å². The maximum atomic E-state index is 13.3. The summed E-state index contributed by atoms with van der Waals surface area (Å²) in [5.74, 6) is 0.287. The number of nitrogens with one attached hydrogen (secondary N) is 1. The molecule has 0 radical (unpaired) electrons. The predicted molar refractivity (Wildman–Crippen MR) is 85.5 cm³/mol. The van der Waals surface area contributed by atoms with Crippen LogP contribution in [0.4, 0.5) is 0 Å². The maximum absolute atomic E-state index is 13.3. The Kier molecular flexibility index (Phi) is 4.02. The largest absolute Gasteiger partial charge is 0.316 e. The highest BCUT2D eigenvalue weighted by Gasteiger charge is 2.39. The molecule has 3 nitrogen and oxygen atoms in total. The second-order valence-electron chi connectivity index (χ2n) is 6.04. The van der Waals surface area contributed by atoms with E-state index in [1.807, 2.05) is 30.5 Å². The number of ketones is 1. The number of piperidine rings is 1. The van der Waals surface area contributed by atoms with E-state index in [4.69, 9.17) is 0 Å². The minimum absolute atomic E-state index is 0.239. The Morgan fingerprint density at radius 3 is 3.05 bits per heavy atom. The highest BCUT2D eigenvalue weighted by atomic mass is 16.1. The van der Waals surface area contributed by atoms with Crippen molar-refractivity contribution in [1.29, 1.82) is 0 Å². The number of hydrogen-bond acceptors (Lipinski definition) is 3. The number of benzene rings is 1. The van der Waals surface area contributed by atoms with Gasteiger partial charge in [-0.1, -0.05) is 31.5 Å². The molecule has 0 aliphatic carbocycles. The smallest absolute Gasteiger partial charge is 0.170 e. The molecule has 0 saturated carbocycles. The zero-order valence-electron chi connectivity index (χ0n) is 12.6. The Morgan fingerprint density at radius 1 is 1.38 bits per heavy atom. The molecule has 1 N–H and O–H groups in total. The molecule has 21 heavy (non-hydrogen) atoms. The number of carbonyl (C=O) groups is 1. The van der Waals surface area contributed by atoms with Gasteiger partial charge in [0.1, 0.15) is 0 Å². The molecule has 3 heteroatoms. The van der Waals surface area contributed by atoms with Gasteiger partial charge in [-0.05, 0) is 37.3 Å². The van der Waals surface area contributed by atoms with Crippen molar-refractivity contribution >= 4 is 16.6 Å². The molecule has 3 rings (SSSR count). The zero-order valence-corrected chi connectivity index (χ0v) is 12.6. The van der Waals surface area contributed by atoms with Gasteiger partial charge < -0.3 is 5.32 Å². The van der Waals surface area contributed by atoms with Crippen molar-refractivity contribution in [2.75, 3.05) is 13.1 Å². The van der Waals surface area contributed by atoms with Gasteiger partial charge in [-0.2, -0.15) is 0 Å². The van der Waals surface area contributed by atoms with Crippen LogP contribution in [-0.2, 0) is 0 Å².